The van der Waals surface area contributed by atoms with Crippen molar-refractivity contribution in [3.63, 3.8) is 0 Å². The summed E-state index contributed by atoms with van der Waals surface area (Å²) in [5.41, 5.74) is 5.37. The highest BCUT2D eigenvalue weighted by molar-refractivity contribution is 7.47. The van der Waals surface area contributed by atoms with E-state index in [0.717, 1.165) is 44.9 Å². The molecule has 0 aromatic carbocycles. The first-order valence-electron chi connectivity index (χ1n) is 28.2. The lowest BCUT2D eigenvalue weighted by Crippen LogP contribution is -2.29. The van der Waals surface area contributed by atoms with E-state index in [-0.39, 0.29) is 38.6 Å². The number of hydrogen-bond acceptors (Lipinski definition) is 8. The first kappa shape index (κ1) is 63.8. The van der Waals surface area contributed by atoms with E-state index in [4.69, 9.17) is 24.3 Å². The Balaban J connectivity index is 3.90. The molecular formula is C55H108NO8P. The van der Waals surface area contributed by atoms with Gasteiger partial charge in [-0.1, -0.05) is 257 Å². The van der Waals surface area contributed by atoms with Gasteiger partial charge in [-0.3, -0.25) is 18.6 Å². The van der Waals surface area contributed by atoms with Crippen molar-refractivity contribution in [2.75, 3.05) is 26.4 Å². The number of unbranched alkanes of at least 4 members (excludes halogenated alkanes) is 39. The van der Waals surface area contributed by atoms with Crippen LogP contribution >= 0.6 is 7.82 Å². The number of rotatable bonds is 54. The number of hydrogen-bond donors (Lipinski definition) is 2. The molecule has 0 aliphatic heterocycles. The van der Waals surface area contributed by atoms with Crippen LogP contribution in [0.5, 0.6) is 0 Å². The molecule has 0 aromatic rings. The molecule has 0 spiro atoms. The molecule has 10 heteroatoms. The Hall–Kier alpha value is -1.25. The summed E-state index contributed by atoms with van der Waals surface area (Å²) in [6.07, 6.45) is 58.4. The van der Waals surface area contributed by atoms with E-state index in [1.165, 1.54) is 218 Å². The predicted octanol–water partition coefficient (Wildman–Crippen LogP) is 17.3. The topological polar surface area (TPSA) is 134 Å². The minimum atomic E-state index is -4.38. The maximum absolute atomic E-state index is 12.7. The third kappa shape index (κ3) is 52.0. The number of nitrogens with two attached hydrogens (primary N) is 1. The summed E-state index contributed by atoms with van der Waals surface area (Å²) >= 11 is 0. The predicted molar refractivity (Wildman–Crippen MR) is 275 cm³/mol. The summed E-state index contributed by atoms with van der Waals surface area (Å²) < 4.78 is 33.0. The van der Waals surface area contributed by atoms with Crippen LogP contribution < -0.4 is 5.73 Å². The molecule has 0 radical (unpaired) electrons. The molecule has 0 bridgehead atoms. The smallest absolute Gasteiger partial charge is 0.462 e. The van der Waals surface area contributed by atoms with Gasteiger partial charge in [-0.2, -0.15) is 0 Å². The number of carbonyl (C=O) groups excluding carboxylic acids is 2. The Bertz CT molecular complexity index is 1070. The van der Waals surface area contributed by atoms with Crippen molar-refractivity contribution in [2.24, 2.45) is 5.73 Å². The lowest BCUT2D eigenvalue weighted by Gasteiger charge is -2.19. The summed E-state index contributed by atoms with van der Waals surface area (Å²) in [4.78, 5) is 35.1. The van der Waals surface area contributed by atoms with E-state index in [1.807, 2.05) is 0 Å². The SMILES string of the molecule is CCCCCCCC/C=C\CCCCCCCCCC(=O)OC(COC(=O)CCCCCCCCCCCCCCCCCCCCCCCCCCCCC)COP(=O)(O)OCCN. The molecule has 386 valence electrons. The molecule has 0 saturated carbocycles. The van der Waals surface area contributed by atoms with Crippen molar-refractivity contribution in [1.82, 2.24) is 0 Å². The monoisotopic (exact) mass is 942 g/mol. The molecule has 2 unspecified atom stereocenters. The Labute approximate surface area is 402 Å². The second-order valence-electron chi connectivity index (χ2n) is 19.2. The third-order valence-corrected chi connectivity index (χ3v) is 13.6. The van der Waals surface area contributed by atoms with Crippen molar-refractivity contribution in [2.45, 2.75) is 302 Å². The van der Waals surface area contributed by atoms with E-state index in [2.05, 4.69) is 26.0 Å². The van der Waals surface area contributed by atoms with Gasteiger partial charge in [-0.15, -0.1) is 0 Å². The fourth-order valence-electron chi connectivity index (χ4n) is 8.46. The fourth-order valence-corrected chi connectivity index (χ4v) is 9.22. The van der Waals surface area contributed by atoms with Crippen molar-refractivity contribution in [3.05, 3.63) is 12.2 Å². The standard InChI is InChI=1S/C55H108NO8P/c1-3-5-7-9-11-13-15-17-19-21-22-23-24-25-26-27-28-29-30-32-33-35-37-39-41-43-45-47-54(57)61-51-53(52-63-65(59,60)62-50-49-56)64-55(58)48-46-44-42-40-38-36-34-31-20-18-16-14-12-10-8-6-4-2/h18,20,53H,3-17,19,21-52,56H2,1-2H3,(H,59,60)/b20-18-. The molecule has 0 fully saturated rings. The quantitative estimate of drug-likeness (QED) is 0.0264. The molecule has 0 aliphatic carbocycles. The van der Waals surface area contributed by atoms with Crippen LogP contribution in [-0.4, -0.2) is 49.3 Å². The van der Waals surface area contributed by atoms with Crippen molar-refractivity contribution >= 4 is 19.8 Å². The Morgan fingerprint density at radius 3 is 1.09 bits per heavy atom. The first-order valence-corrected chi connectivity index (χ1v) is 29.7. The van der Waals surface area contributed by atoms with E-state index in [9.17, 15) is 19.0 Å². The summed E-state index contributed by atoms with van der Waals surface area (Å²) in [5.74, 6) is -0.815. The molecule has 0 amide bonds. The molecule has 0 heterocycles. The van der Waals surface area contributed by atoms with E-state index in [1.54, 1.807) is 0 Å². The molecular weight excluding hydrogens is 834 g/mol. The molecule has 0 aliphatic rings. The minimum absolute atomic E-state index is 0.0559. The molecule has 65 heavy (non-hydrogen) atoms. The summed E-state index contributed by atoms with van der Waals surface area (Å²) in [5, 5.41) is 0. The molecule has 3 N–H and O–H groups in total. The number of esters is 2. The Morgan fingerprint density at radius 2 is 0.754 bits per heavy atom. The number of allylic oxidation sites excluding steroid dienone is 2. The Kier molecular flexibility index (Phi) is 51.1. The molecule has 0 saturated heterocycles. The molecule has 2 atom stereocenters. The normalized spacial score (nSPS) is 13.1. The minimum Gasteiger partial charge on any atom is -0.462 e. The number of phosphoric ester groups is 1. The lowest BCUT2D eigenvalue weighted by molar-refractivity contribution is -0.161. The molecule has 9 nitrogen and oxygen atoms in total. The lowest BCUT2D eigenvalue weighted by atomic mass is 10.0. The van der Waals surface area contributed by atoms with Gasteiger partial charge >= 0.3 is 19.8 Å². The van der Waals surface area contributed by atoms with Crippen LogP contribution in [-0.2, 0) is 32.7 Å². The van der Waals surface area contributed by atoms with Gasteiger partial charge in [0.1, 0.15) is 6.61 Å². The zero-order chi connectivity index (χ0) is 47.4. The second-order valence-corrected chi connectivity index (χ2v) is 20.6. The number of phosphoric acid groups is 1. The second kappa shape index (κ2) is 52.1. The highest BCUT2D eigenvalue weighted by Crippen LogP contribution is 2.43. The summed E-state index contributed by atoms with van der Waals surface area (Å²) in [6, 6.07) is 0. The van der Waals surface area contributed by atoms with Crippen molar-refractivity contribution in [3.8, 4) is 0 Å². The van der Waals surface area contributed by atoms with Crippen molar-refractivity contribution < 1.29 is 37.6 Å². The van der Waals surface area contributed by atoms with E-state index in [0.29, 0.717) is 6.42 Å². The first-order chi connectivity index (χ1) is 31.8. The summed E-state index contributed by atoms with van der Waals surface area (Å²) in [7, 11) is -4.38. The van der Waals surface area contributed by atoms with Gasteiger partial charge in [0.2, 0.25) is 0 Å². The third-order valence-electron chi connectivity index (χ3n) is 12.7. The Morgan fingerprint density at radius 1 is 0.446 bits per heavy atom. The van der Waals surface area contributed by atoms with Gasteiger partial charge in [-0.05, 0) is 38.5 Å². The maximum atomic E-state index is 12.7. The van der Waals surface area contributed by atoms with Crippen LogP contribution in [0.25, 0.3) is 0 Å². The largest absolute Gasteiger partial charge is 0.472 e. The zero-order valence-electron chi connectivity index (χ0n) is 43.0. The average Bonchev–Trinajstić information content (AvgIpc) is 3.30. The highest BCUT2D eigenvalue weighted by atomic mass is 31.2. The van der Waals surface area contributed by atoms with Crippen LogP contribution in [0.3, 0.4) is 0 Å². The van der Waals surface area contributed by atoms with Gasteiger partial charge in [-0.25, -0.2) is 4.57 Å². The maximum Gasteiger partial charge on any atom is 0.472 e. The average molecular weight is 942 g/mol. The molecule has 0 aromatic heterocycles. The summed E-state index contributed by atoms with van der Waals surface area (Å²) in [6.45, 7) is 3.79. The van der Waals surface area contributed by atoms with Crippen LogP contribution in [0, 0.1) is 0 Å². The highest BCUT2D eigenvalue weighted by Gasteiger charge is 2.26. The van der Waals surface area contributed by atoms with Gasteiger partial charge in [0.25, 0.3) is 0 Å². The fraction of sp³-hybridized carbons (Fsp3) is 0.927. The zero-order valence-corrected chi connectivity index (χ0v) is 43.9. The molecule has 0 rings (SSSR count). The van der Waals surface area contributed by atoms with Gasteiger partial charge < -0.3 is 20.1 Å². The van der Waals surface area contributed by atoms with Crippen LogP contribution in [0.15, 0.2) is 12.2 Å². The number of ether oxygens (including phenoxy) is 2. The van der Waals surface area contributed by atoms with Gasteiger partial charge in [0.15, 0.2) is 6.10 Å². The van der Waals surface area contributed by atoms with Crippen molar-refractivity contribution in [1.29, 1.82) is 0 Å². The van der Waals surface area contributed by atoms with Crippen LogP contribution in [0.2, 0.25) is 0 Å². The van der Waals surface area contributed by atoms with Gasteiger partial charge in [0, 0.05) is 19.4 Å². The van der Waals surface area contributed by atoms with E-state index >= 15 is 0 Å². The van der Waals surface area contributed by atoms with E-state index < -0.39 is 26.5 Å². The van der Waals surface area contributed by atoms with Crippen LogP contribution in [0.4, 0.5) is 0 Å². The number of carbonyl (C=O) groups is 2. The van der Waals surface area contributed by atoms with Crippen LogP contribution in [0.1, 0.15) is 296 Å². The van der Waals surface area contributed by atoms with Gasteiger partial charge in [0.05, 0.1) is 13.2 Å².